The van der Waals surface area contributed by atoms with Crippen LogP contribution >= 0.6 is 0 Å². The van der Waals surface area contributed by atoms with Crippen LogP contribution in [-0.4, -0.2) is 47.4 Å². The van der Waals surface area contributed by atoms with Crippen molar-refractivity contribution < 1.29 is 19.1 Å². The van der Waals surface area contributed by atoms with Crippen LogP contribution in [0.5, 0.6) is 0 Å². The zero-order chi connectivity index (χ0) is 24.5. The summed E-state index contributed by atoms with van der Waals surface area (Å²) in [6.07, 6.45) is 0. The van der Waals surface area contributed by atoms with Gasteiger partial charge in [0.1, 0.15) is 12.6 Å². The highest BCUT2D eigenvalue weighted by atomic mass is 16.5. The van der Waals surface area contributed by atoms with Crippen LogP contribution in [-0.2, 0) is 14.3 Å². The highest BCUT2D eigenvalue weighted by molar-refractivity contribution is 6.04. The molecule has 35 heavy (non-hydrogen) atoms. The lowest BCUT2D eigenvalue weighted by Crippen LogP contribution is -2.48. The van der Waals surface area contributed by atoms with Gasteiger partial charge in [0, 0.05) is 22.0 Å². The molecular formula is C28H25N3O4. The van der Waals surface area contributed by atoms with Crippen LogP contribution in [0, 0.1) is 0 Å². The molecule has 7 heteroatoms. The summed E-state index contributed by atoms with van der Waals surface area (Å²) in [5.74, 6) is -1.21. The summed E-state index contributed by atoms with van der Waals surface area (Å²) in [5, 5.41) is 3.57. The summed E-state index contributed by atoms with van der Waals surface area (Å²) in [6.45, 7) is 1.42. The van der Waals surface area contributed by atoms with E-state index < -0.39 is 24.0 Å². The Balaban J connectivity index is 1.68. The van der Waals surface area contributed by atoms with Crippen molar-refractivity contribution in [2.45, 2.75) is 19.0 Å². The van der Waals surface area contributed by atoms with Crippen LogP contribution in [0.3, 0.4) is 0 Å². The number of benzene rings is 3. The van der Waals surface area contributed by atoms with Gasteiger partial charge in [-0.2, -0.15) is 0 Å². The van der Waals surface area contributed by atoms with Crippen molar-refractivity contribution in [3.8, 4) is 11.3 Å². The maximum Gasteiger partial charge on any atom is 0.325 e. The van der Waals surface area contributed by atoms with Gasteiger partial charge in [-0.05, 0) is 30.2 Å². The standard InChI is InChI=1S/C28H25N3O4/c1-17(27(33)29-16-23(32)35-2)31-26(19-12-6-7-13-20(19)28(31)34)24-21-14-8-9-15-22(21)30-25(24)18-10-4-3-5-11-18/h3-15,17,26,30H,16H2,1-2H3,(H,29,33)/t17-,26+/m1/s1. The normalized spacial score (nSPS) is 15.7. The van der Waals surface area contributed by atoms with Gasteiger partial charge < -0.3 is 19.9 Å². The molecule has 1 aliphatic heterocycles. The van der Waals surface area contributed by atoms with Gasteiger partial charge in [-0.3, -0.25) is 14.4 Å². The fourth-order valence-electron chi connectivity index (χ4n) is 4.82. The number of carbonyl (C=O) groups is 3. The smallest absolute Gasteiger partial charge is 0.325 e. The number of para-hydroxylation sites is 1. The predicted molar refractivity (Wildman–Crippen MR) is 133 cm³/mol. The van der Waals surface area contributed by atoms with E-state index in [2.05, 4.69) is 15.0 Å². The minimum absolute atomic E-state index is 0.226. The van der Waals surface area contributed by atoms with Gasteiger partial charge in [0.15, 0.2) is 0 Å². The van der Waals surface area contributed by atoms with Gasteiger partial charge >= 0.3 is 5.97 Å². The van der Waals surface area contributed by atoms with Crippen molar-refractivity contribution in [3.63, 3.8) is 0 Å². The number of nitrogens with one attached hydrogen (secondary N) is 2. The Hall–Kier alpha value is -4.39. The number of aromatic nitrogens is 1. The van der Waals surface area contributed by atoms with Gasteiger partial charge in [-0.15, -0.1) is 0 Å². The molecule has 2 amide bonds. The van der Waals surface area contributed by atoms with Crippen LogP contribution in [0.25, 0.3) is 22.2 Å². The second-order valence-corrected chi connectivity index (χ2v) is 8.50. The topological polar surface area (TPSA) is 91.5 Å². The second-order valence-electron chi connectivity index (χ2n) is 8.50. The molecule has 0 aliphatic carbocycles. The molecular weight excluding hydrogens is 442 g/mol. The van der Waals surface area contributed by atoms with Crippen molar-refractivity contribution in [1.29, 1.82) is 0 Å². The predicted octanol–water partition coefficient (Wildman–Crippen LogP) is 4.06. The fraction of sp³-hybridized carbons (Fsp3) is 0.179. The Morgan fingerprint density at radius 2 is 1.69 bits per heavy atom. The first-order valence-electron chi connectivity index (χ1n) is 11.4. The number of nitrogens with zero attached hydrogens (tertiary/aromatic N) is 1. The van der Waals surface area contributed by atoms with Crippen molar-refractivity contribution in [1.82, 2.24) is 15.2 Å². The summed E-state index contributed by atoms with van der Waals surface area (Å²) in [5.41, 5.74) is 5.16. The lowest BCUT2D eigenvalue weighted by Gasteiger charge is -2.31. The summed E-state index contributed by atoms with van der Waals surface area (Å²) in [6, 6.07) is 24.0. The monoisotopic (exact) mass is 467 g/mol. The molecule has 1 aliphatic rings. The summed E-state index contributed by atoms with van der Waals surface area (Å²) >= 11 is 0. The van der Waals surface area contributed by atoms with Crippen LogP contribution in [0.1, 0.15) is 34.5 Å². The zero-order valence-corrected chi connectivity index (χ0v) is 19.4. The van der Waals surface area contributed by atoms with Crippen LogP contribution in [0.15, 0.2) is 78.9 Å². The van der Waals surface area contributed by atoms with Gasteiger partial charge in [0.2, 0.25) is 5.91 Å². The highest BCUT2D eigenvalue weighted by Gasteiger charge is 2.44. The number of aromatic amines is 1. The fourth-order valence-corrected chi connectivity index (χ4v) is 4.82. The molecule has 5 rings (SSSR count). The lowest BCUT2D eigenvalue weighted by atomic mass is 9.92. The average molecular weight is 468 g/mol. The van der Waals surface area contributed by atoms with E-state index in [0.29, 0.717) is 5.56 Å². The van der Waals surface area contributed by atoms with Gasteiger partial charge in [-0.25, -0.2) is 0 Å². The number of carbonyl (C=O) groups excluding carboxylic acids is 3. The maximum atomic E-state index is 13.7. The molecule has 176 valence electrons. The Labute approximate surface area is 202 Å². The minimum atomic E-state index is -0.832. The van der Waals surface area contributed by atoms with E-state index in [1.54, 1.807) is 17.9 Å². The third-order valence-electron chi connectivity index (χ3n) is 6.51. The van der Waals surface area contributed by atoms with E-state index >= 15 is 0 Å². The Bertz CT molecular complexity index is 1430. The summed E-state index contributed by atoms with van der Waals surface area (Å²) < 4.78 is 4.63. The average Bonchev–Trinajstić information content (AvgIpc) is 3.42. The Morgan fingerprint density at radius 1 is 1.00 bits per heavy atom. The number of H-pyrrole nitrogens is 1. The minimum Gasteiger partial charge on any atom is -0.468 e. The number of esters is 1. The van der Waals surface area contributed by atoms with Crippen molar-refractivity contribution in [3.05, 3.63) is 95.6 Å². The molecule has 0 fully saturated rings. The molecule has 1 aromatic heterocycles. The van der Waals surface area contributed by atoms with E-state index in [-0.39, 0.29) is 12.5 Å². The highest BCUT2D eigenvalue weighted by Crippen LogP contribution is 2.46. The van der Waals surface area contributed by atoms with E-state index in [9.17, 15) is 14.4 Å². The van der Waals surface area contributed by atoms with Crippen LogP contribution < -0.4 is 5.32 Å². The molecule has 0 spiro atoms. The molecule has 0 bridgehead atoms. The SMILES string of the molecule is COC(=O)CNC(=O)[C@@H](C)N1C(=O)c2ccccc2[C@H]1c1c(-c2ccccc2)[nH]c2ccccc12. The number of rotatable bonds is 6. The van der Waals surface area contributed by atoms with Crippen molar-refractivity contribution >= 4 is 28.7 Å². The van der Waals surface area contributed by atoms with Crippen LogP contribution in [0.2, 0.25) is 0 Å². The van der Waals surface area contributed by atoms with Crippen molar-refractivity contribution in [2.24, 2.45) is 0 Å². The third-order valence-corrected chi connectivity index (χ3v) is 6.51. The number of amides is 2. The summed E-state index contributed by atoms with van der Waals surface area (Å²) in [4.78, 5) is 43.5. The van der Waals surface area contributed by atoms with Crippen molar-refractivity contribution in [2.75, 3.05) is 13.7 Å². The third kappa shape index (κ3) is 3.85. The Kier molecular flexibility index (Phi) is 5.82. The van der Waals surface area contributed by atoms with E-state index in [4.69, 9.17) is 0 Å². The molecule has 2 atom stereocenters. The number of methoxy groups -OCH3 is 1. The molecule has 0 unspecified atom stereocenters. The van der Waals surface area contributed by atoms with E-state index in [1.165, 1.54) is 7.11 Å². The zero-order valence-electron chi connectivity index (χ0n) is 19.4. The molecule has 0 saturated heterocycles. The molecule has 4 aromatic rings. The van der Waals surface area contributed by atoms with Gasteiger partial charge in [0.25, 0.3) is 5.91 Å². The molecule has 7 nitrogen and oxygen atoms in total. The first-order chi connectivity index (χ1) is 17.0. The number of ether oxygens (including phenoxy) is 1. The van der Waals surface area contributed by atoms with Crippen LogP contribution in [0.4, 0.5) is 0 Å². The Morgan fingerprint density at radius 3 is 2.46 bits per heavy atom. The molecule has 2 heterocycles. The largest absolute Gasteiger partial charge is 0.468 e. The quantitative estimate of drug-likeness (QED) is 0.419. The molecule has 3 aromatic carbocycles. The van der Waals surface area contributed by atoms with E-state index in [1.807, 2.05) is 72.8 Å². The first kappa shape index (κ1) is 22.4. The second kappa shape index (κ2) is 9.10. The van der Waals surface area contributed by atoms with Gasteiger partial charge in [0.05, 0.1) is 18.8 Å². The number of fused-ring (bicyclic) bond motifs is 2. The van der Waals surface area contributed by atoms with Gasteiger partial charge in [-0.1, -0.05) is 66.7 Å². The molecule has 2 N–H and O–H groups in total. The maximum absolute atomic E-state index is 13.7. The van der Waals surface area contributed by atoms with E-state index in [0.717, 1.165) is 33.3 Å². The lowest BCUT2D eigenvalue weighted by molar-refractivity contribution is -0.141. The molecule has 0 radical (unpaired) electrons. The summed E-state index contributed by atoms with van der Waals surface area (Å²) in [7, 11) is 1.26. The molecule has 0 saturated carbocycles. The first-order valence-corrected chi connectivity index (χ1v) is 11.4. The number of hydrogen-bond donors (Lipinski definition) is 2. The number of hydrogen-bond acceptors (Lipinski definition) is 4.